The fourth-order valence-electron chi connectivity index (χ4n) is 9.53. The van der Waals surface area contributed by atoms with Crippen LogP contribution in [-0.2, 0) is 25.9 Å². The molecule has 0 aliphatic heterocycles. The van der Waals surface area contributed by atoms with Gasteiger partial charge in [-0.1, -0.05) is 151 Å². The van der Waals surface area contributed by atoms with Crippen LogP contribution >= 0.6 is 11.8 Å². The maximum atomic E-state index is 8.87. The second-order valence-corrected chi connectivity index (χ2v) is 21.5. The molecule has 0 spiro atoms. The molecule has 14 rings (SSSR count). The number of para-hydroxylation sites is 3. The minimum Gasteiger partial charge on any atom is -0.497 e. The van der Waals surface area contributed by atoms with Gasteiger partial charge in [0.05, 0.1) is 47.5 Å². The lowest BCUT2D eigenvalue weighted by molar-refractivity contribution is 0.293. The Labute approximate surface area is 522 Å². The second-order valence-electron chi connectivity index (χ2n) is 20.4. The molecule has 20 heteroatoms. The van der Waals surface area contributed by atoms with Crippen LogP contribution in [0.5, 0.6) is 23.3 Å². The van der Waals surface area contributed by atoms with Gasteiger partial charge in [-0.05, 0) is 108 Å². The highest BCUT2D eigenvalue weighted by atomic mass is 32.2. The minimum absolute atomic E-state index is 0.362. The zero-order valence-electron chi connectivity index (χ0n) is 48.9. The normalized spacial score (nSPS) is 10.8. The number of nitrogens with zero attached hydrogens (tertiary/aromatic N) is 10. The third kappa shape index (κ3) is 15.5. The summed E-state index contributed by atoms with van der Waals surface area (Å²) in [7, 11) is 1.68. The van der Waals surface area contributed by atoms with E-state index in [0.717, 1.165) is 87.7 Å². The monoisotopic (exact) mass is 1200 g/mol. The number of aromatic amines is 3. The van der Waals surface area contributed by atoms with E-state index in [1.54, 1.807) is 18.9 Å². The minimum atomic E-state index is 0.362. The second kappa shape index (κ2) is 28.5. The van der Waals surface area contributed by atoms with Crippen LogP contribution in [0, 0.1) is 18.3 Å². The number of nitrogens with one attached hydrogen (secondary N) is 6. The van der Waals surface area contributed by atoms with E-state index in [4.69, 9.17) is 34.4 Å². The number of benzene rings is 8. The van der Waals surface area contributed by atoms with E-state index in [1.165, 1.54) is 0 Å². The van der Waals surface area contributed by atoms with Gasteiger partial charge in [-0.3, -0.25) is 15.3 Å². The van der Waals surface area contributed by atoms with Crippen molar-refractivity contribution in [3.05, 3.63) is 270 Å². The number of ether oxygens (including phenoxy) is 3. The number of aromatic nitrogens is 12. The molecule has 0 saturated heterocycles. The Hall–Kier alpha value is -12.0. The van der Waals surface area contributed by atoms with Crippen molar-refractivity contribution in [2.45, 2.75) is 42.7 Å². The summed E-state index contributed by atoms with van der Waals surface area (Å²) in [6.07, 6.45) is 1.66. The van der Waals surface area contributed by atoms with E-state index < -0.39 is 0 Å². The van der Waals surface area contributed by atoms with Gasteiger partial charge < -0.3 is 30.2 Å². The number of fused-ring (bicyclic) bond motifs is 3. The van der Waals surface area contributed by atoms with Crippen LogP contribution in [0.1, 0.15) is 39.3 Å². The van der Waals surface area contributed by atoms with E-state index in [2.05, 4.69) is 97.9 Å². The van der Waals surface area contributed by atoms with Crippen LogP contribution in [0.3, 0.4) is 0 Å². The van der Waals surface area contributed by atoms with Crippen LogP contribution in [0.2, 0.25) is 0 Å². The van der Waals surface area contributed by atoms with E-state index >= 15 is 0 Å². The first-order valence-corrected chi connectivity index (χ1v) is 29.6. The molecule has 0 saturated carbocycles. The zero-order valence-corrected chi connectivity index (χ0v) is 49.7. The van der Waals surface area contributed by atoms with Crippen LogP contribution in [0.4, 0.5) is 35.3 Å². The van der Waals surface area contributed by atoms with Gasteiger partial charge >= 0.3 is 0 Å². The number of rotatable bonds is 19. The molecule has 6 N–H and O–H groups in total. The summed E-state index contributed by atoms with van der Waals surface area (Å²) >= 11 is 1.61. The van der Waals surface area contributed by atoms with Gasteiger partial charge in [0, 0.05) is 51.7 Å². The predicted molar refractivity (Wildman–Crippen MR) is 351 cm³/mol. The van der Waals surface area contributed by atoms with Gasteiger partial charge in [-0.15, -0.1) is 0 Å². The highest BCUT2D eigenvalue weighted by Crippen LogP contribution is 2.31. The van der Waals surface area contributed by atoms with Gasteiger partial charge in [0.25, 0.3) is 0 Å². The fraction of sp³-hybridized carbons (Fsp3) is 0.0857. The van der Waals surface area contributed by atoms with E-state index in [9.17, 15) is 0 Å². The molecule has 19 nitrogen and oxygen atoms in total. The van der Waals surface area contributed by atoms with E-state index in [0.29, 0.717) is 78.7 Å². The van der Waals surface area contributed by atoms with Gasteiger partial charge in [0.2, 0.25) is 29.6 Å². The molecule has 0 fully saturated rings. The fourth-order valence-corrected chi connectivity index (χ4v) is 10.4. The van der Waals surface area contributed by atoms with Gasteiger partial charge in [-0.2, -0.15) is 30.5 Å². The molecule has 442 valence electrons. The lowest BCUT2D eigenvalue weighted by atomic mass is 10.1. The first-order chi connectivity index (χ1) is 44.3. The highest BCUT2D eigenvalue weighted by molar-refractivity contribution is 7.99. The smallest absolute Gasteiger partial charge is 0.232 e. The molecule has 6 aromatic heterocycles. The number of nitriles is 1. The Morgan fingerprint density at radius 2 is 0.944 bits per heavy atom. The topological polar surface area (TPSA) is 251 Å². The Morgan fingerprint density at radius 3 is 1.53 bits per heavy atom. The summed E-state index contributed by atoms with van der Waals surface area (Å²) in [6.45, 7) is 2.37. The first kappa shape index (κ1) is 58.4. The molecule has 0 aliphatic carbocycles. The number of anilines is 6. The molecule has 0 atom stereocenters. The van der Waals surface area contributed by atoms with Crippen molar-refractivity contribution in [1.29, 1.82) is 5.26 Å². The molecular formula is C70H58N16O3S. The van der Waals surface area contributed by atoms with Crippen molar-refractivity contribution in [2.75, 3.05) is 23.1 Å². The number of hydrogen-bond acceptors (Lipinski definition) is 17. The quantitative estimate of drug-likeness (QED) is 0.0412. The number of methoxy groups -OCH3 is 1. The Kier molecular flexibility index (Phi) is 18.5. The summed E-state index contributed by atoms with van der Waals surface area (Å²) in [4.78, 5) is 28.8. The van der Waals surface area contributed by atoms with Crippen molar-refractivity contribution in [3.8, 4) is 29.3 Å². The van der Waals surface area contributed by atoms with E-state index in [1.807, 2.05) is 207 Å². The largest absolute Gasteiger partial charge is 0.497 e. The van der Waals surface area contributed by atoms with Crippen LogP contribution in [0.25, 0.3) is 32.7 Å². The number of aryl methyl sites for hydroxylation is 1. The molecule has 0 bridgehead atoms. The standard InChI is InChI=1S/C26H20N6O.C25H21N5OS.C19H17N5O/c27-15-14-18-10-12-21(13-11-18)33-24-17-20(16-19-6-2-1-3-7-19)28-26(29-24)30-25-22-8-4-5-9-23(22)31-32-25;1-31-19-9-7-8-17(15-19)14-18-16-23(32-20-10-3-2-4-11-20)27-25(26-18)28-24-21-12-5-6-13-22(21)29-30-24;1-13-11-17(25-12-14-7-3-2-4-8-14)21-19(20-13)22-18-15-9-5-6-10-16(15)23-24-18/h1-13,17H,14,16H2,(H2,28,29,30,31,32);2-13,15-16H,14H2,1H3,(H2,26,27,28,29,30);2-11H,12H2,1H3,(H2,20,21,22,23,24). The summed E-state index contributed by atoms with van der Waals surface area (Å²) in [5, 5.41) is 44.4. The van der Waals surface area contributed by atoms with Gasteiger partial charge in [0.15, 0.2) is 17.5 Å². The zero-order chi connectivity index (χ0) is 61.3. The molecule has 8 aromatic carbocycles. The lowest BCUT2D eigenvalue weighted by Gasteiger charge is -2.10. The molecule has 0 unspecified atom stereocenters. The molecule has 0 amide bonds. The molecular weight excluding hydrogens is 1140 g/mol. The third-order valence-corrected chi connectivity index (χ3v) is 14.7. The van der Waals surface area contributed by atoms with Crippen molar-refractivity contribution in [3.63, 3.8) is 0 Å². The maximum absolute atomic E-state index is 8.87. The molecule has 0 radical (unpaired) electrons. The Bertz CT molecular complexity index is 4710. The lowest BCUT2D eigenvalue weighted by Crippen LogP contribution is -2.03. The van der Waals surface area contributed by atoms with Gasteiger partial charge in [0.1, 0.15) is 23.1 Å². The highest BCUT2D eigenvalue weighted by Gasteiger charge is 2.15. The summed E-state index contributed by atoms with van der Waals surface area (Å²) in [6, 6.07) is 77.3. The van der Waals surface area contributed by atoms with Crippen molar-refractivity contribution < 1.29 is 14.2 Å². The Morgan fingerprint density at radius 1 is 0.444 bits per heavy atom. The Balaban J connectivity index is 0.000000132. The summed E-state index contributed by atoms with van der Waals surface area (Å²) in [5.74, 6) is 5.83. The van der Waals surface area contributed by atoms with Crippen molar-refractivity contribution in [2.24, 2.45) is 0 Å². The first-order valence-electron chi connectivity index (χ1n) is 28.7. The summed E-state index contributed by atoms with van der Waals surface area (Å²) in [5.41, 5.74) is 9.67. The average Bonchev–Trinajstić information content (AvgIpc) is 2.45. The number of hydrogen-bond donors (Lipinski definition) is 6. The van der Waals surface area contributed by atoms with Crippen molar-refractivity contribution in [1.82, 2.24) is 60.5 Å². The maximum Gasteiger partial charge on any atom is 0.232 e. The molecule has 0 aliphatic rings. The predicted octanol–water partition coefficient (Wildman–Crippen LogP) is 15.4. The molecule has 14 aromatic rings. The SMILES string of the molecule is COc1cccc(Cc2cc(Sc3ccccc3)nc(Nc3n[nH]c4ccccc34)n2)c1.Cc1cc(OCc2ccccc2)nc(Nc2n[nH]c3ccccc23)n1.N#CCc1ccc(Oc2cc(Cc3ccccc3)nc(Nc3n[nH]c4ccccc34)n2)cc1. The summed E-state index contributed by atoms with van der Waals surface area (Å²) < 4.78 is 17.2. The van der Waals surface area contributed by atoms with E-state index in [-0.39, 0.29) is 0 Å². The van der Waals surface area contributed by atoms with Crippen molar-refractivity contribution >= 4 is 79.8 Å². The molecule has 90 heavy (non-hydrogen) atoms. The third-order valence-electron chi connectivity index (χ3n) is 13.8. The average molecular weight is 1200 g/mol. The van der Waals surface area contributed by atoms with Crippen LogP contribution in [0.15, 0.2) is 240 Å². The van der Waals surface area contributed by atoms with Crippen LogP contribution in [-0.4, -0.2) is 67.6 Å². The molecule has 6 heterocycles. The van der Waals surface area contributed by atoms with Gasteiger partial charge in [-0.25, -0.2) is 19.9 Å². The number of H-pyrrole nitrogens is 3. The van der Waals surface area contributed by atoms with Crippen LogP contribution < -0.4 is 30.2 Å².